The lowest BCUT2D eigenvalue weighted by Gasteiger charge is -2.29. The molecule has 1 heterocycles. The number of aliphatic hydroxyl groups excluding tert-OH is 1. The van der Waals surface area contributed by atoms with Gasteiger partial charge < -0.3 is 48.1 Å². The minimum atomic E-state index is -1.50. The third kappa shape index (κ3) is 9.74. The summed E-state index contributed by atoms with van der Waals surface area (Å²) in [4.78, 5) is 65.5. The summed E-state index contributed by atoms with van der Waals surface area (Å²) in [5, 5.41) is 32.9. The Morgan fingerprint density at radius 1 is 1.09 bits per heavy atom. The smallest absolute Gasteiger partial charge is 0.326 e. The molecule has 1 saturated heterocycles. The second-order valence-electron chi connectivity index (χ2n) is 8.30. The zero-order valence-corrected chi connectivity index (χ0v) is 19.6. The number of hydrogen-bond acceptors (Lipinski definition) is 8. The highest BCUT2D eigenvalue weighted by atomic mass is 16.4. The van der Waals surface area contributed by atoms with Crippen molar-refractivity contribution < 1.29 is 39.3 Å². The van der Waals surface area contributed by atoms with Gasteiger partial charge in [0.2, 0.25) is 17.7 Å². The lowest BCUT2D eigenvalue weighted by molar-refractivity contribution is -0.149. The number of nitrogens with two attached hydrogens (primary N) is 3. The van der Waals surface area contributed by atoms with Crippen LogP contribution in [-0.4, -0.2) is 99.2 Å². The van der Waals surface area contributed by atoms with Crippen LogP contribution in [0.2, 0.25) is 0 Å². The number of aliphatic hydroxyl groups is 1. The van der Waals surface area contributed by atoms with Gasteiger partial charge in [0, 0.05) is 19.5 Å². The molecule has 11 N–H and O–H groups in total. The van der Waals surface area contributed by atoms with Crippen molar-refractivity contribution in [1.29, 1.82) is 0 Å². The minimum absolute atomic E-state index is 0.0583. The van der Waals surface area contributed by atoms with E-state index < -0.39 is 59.9 Å². The largest absolute Gasteiger partial charge is 0.481 e. The molecule has 0 radical (unpaired) electrons. The van der Waals surface area contributed by atoms with Crippen LogP contribution in [0.1, 0.15) is 45.4 Å². The molecule has 0 spiro atoms. The number of carboxylic acid groups (broad SMARTS) is 2. The molecule has 0 bridgehead atoms. The number of aliphatic imine (C=N–C) groups is 1. The number of carbonyl (C=O) groups is 5. The third-order valence-corrected chi connectivity index (χ3v) is 5.45. The van der Waals surface area contributed by atoms with Crippen molar-refractivity contribution in [3.8, 4) is 0 Å². The van der Waals surface area contributed by atoms with Gasteiger partial charge in [-0.2, -0.15) is 0 Å². The van der Waals surface area contributed by atoms with Gasteiger partial charge >= 0.3 is 11.9 Å². The molecule has 1 fully saturated rings. The normalized spacial score (nSPS) is 18.6. The first kappa shape index (κ1) is 29.6. The predicted octanol–water partition coefficient (Wildman–Crippen LogP) is -3.34. The maximum Gasteiger partial charge on any atom is 0.326 e. The molecule has 5 atom stereocenters. The Morgan fingerprint density at radius 2 is 1.74 bits per heavy atom. The van der Waals surface area contributed by atoms with E-state index in [0.717, 1.165) is 0 Å². The highest BCUT2D eigenvalue weighted by Gasteiger charge is 2.38. The van der Waals surface area contributed by atoms with Crippen LogP contribution in [0.15, 0.2) is 4.99 Å². The number of rotatable bonds is 14. The summed E-state index contributed by atoms with van der Waals surface area (Å²) in [5.41, 5.74) is 16.2. The number of hydrogen-bond donors (Lipinski definition) is 8. The van der Waals surface area contributed by atoms with E-state index in [1.807, 2.05) is 0 Å². The molecule has 15 heteroatoms. The predicted molar refractivity (Wildman–Crippen MR) is 123 cm³/mol. The van der Waals surface area contributed by atoms with Crippen molar-refractivity contribution in [3.63, 3.8) is 0 Å². The van der Waals surface area contributed by atoms with Crippen LogP contribution in [0.25, 0.3) is 0 Å². The van der Waals surface area contributed by atoms with Crippen LogP contribution in [0.3, 0.4) is 0 Å². The van der Waals surface area contributed by atoms with Crippen LogP contribution in [0.5, 0.6) is 0 Å². The topological polar surface area (TPSA) is 264 Å². The molecule has 0 aromatic heterocycles. The number of nitrogens with one attached hydrogen (secondary N) is 2. The summed E-state index contributed by atoms with van der Waals surface area (Å²) in [5.74, 6) is -4.84. The Labute approximate surface area is 202 Å². The molecule has 0 aromatic carbocycles. The van der Waals surface area contributed by atoms with E-state index in [2.05, 4.69) is 15.6 Å². The molecule has 1 aliphatic rings. The van der Waals surface area contributed by atoms with Crippen LogP contribution < -0.4 is 27.8 Å². The molecule has 15 nitrogen and oxygen atoms in total. The molecule has 5 unspecified atom stereocenters. The summed E-state index contributed by atoms with van der Waals surface area (Å²) >= 11 is 0. The van der Waals surface area contributed by atoms with Crippen molar-refractivity contribution in [2.75, 3.05) is 13.1 Å². The van der Waals surface area contributed by atoms with E-state index in [1.54, 1.807) is 0 Å². The second-order valence-corrected chi connectivity index (χ2v) is 8.30. The van der Waals surface area contributed by atoms with E-state index in [9.17, 15) is 34.2 Å². The fourth-order valence-electron chi connectivity index (χ4n) is 3.59. The van der Waals surface area contributed by atoms with Gasteiger partial charge in [0.15, 0.2) is 5.96 Å². The summed E-state index contributed by atoms with van der Waals surface area (Å²) in [6.07, 6.45) is -0.857. The van der Waals surface area contributed by atoms with Gasteiger partial charge in [-0.3, -0.25) is 24.2 Å². The Balaban J connectivity index is 2.98. The zero-order valence-electron chi connectivity index (χ0n) is 19.6. The number of nitrogens with zero attached hydrogens (tertiary/aromatic N) is 2. The van der Waals surface area contributed by atoms with E-state index in [1.165, 1.54) is 11.8 Å². The highest BCUT2D eigenvalue weighted by Crippen LogP contribution is 2.19. The van der Waals surface area contributed by atoms with Gasteiger partial charge in [-0.15, -0.1) is 0 Å². The summed E-state index contributed by atoms with van der Waals surface area (Å²) < 4.78 is 0. The first-order valence-corrected chi connectivity index (χ1v) is 11.2. The van der Waals surface area contributed by atoms with Gasteiger partial charge in [0.25, 0.3) is 0 Å². The summed E-state index contributed by atoms with van der Waals surface area (Å²) in [7, 11) is 0. The lowest BCUT2D eigenvalue weighted by atomic mass is 10.1. The van der Waals surface area contributed by atoms with E-state index >= 15 is 0 Å². The van der Waals surface area contributed by atoms with Gasteiger partial charge in [0.05, 0.1) is 12.1 Å². The number of carboxylic acids is 2. The maximum atomic E-state index is 13.1. The van der Waals surface area contributed by atoms with Crippen molar-refractivity contribution >= 4 is 35.6 Å². The Kier molecular flexibility index (Phi) is 11.9. The van der Waals surface area contributed by atoms with E-state index in [0.29, 0.717) is 6.42 Å². The summed E-state index contributed by atoms with van der Waals surface area (Å²) in [6, 6.07) is -4.94. The molecule has 0 aliphatic carbocycles. The molecule has 1 rings (SSSR count). The average molecular weight is 502 g/mol. The molecular weight excluding hydrogens is 466 g/mol. The van der Waals surface area contributed by atoms with Gasteiger partial charge in [-0.1, -0.05) is 0 Å². The van der Waals surface area contributed by atoms with Gasteiger partial charge in [-0.25, -0.2) is 4.79 Å². The number of carbonyl (C=O) groups excluding carboxylic acids is 3. The summed E-state index contributed by atoms with van der Waals surface area (Å²) in [6.45, 7) is 1.59. The molecule has 0 saturated carbocycles. The Bertz CT molecular complexity index is 815. The van der Waals surface area contributed by atoms with Crippen molar-refractivity contribution in [2.45, 2.75) is 75.7 Å². The quantitative estimate of drug-likeness (QED) is 0.0662. The van der Waals surface area contributed by atoms with Crippen molar-refractivity contribution in [3.05, 3.63) is 0 Å². The number of likely N-dealkylation sites (tertiary alicyclic amines) is 1. The third-order valence-electron chi connectivity index (χ3n) is 5.45. The SMILES string of the molecule is CC(O)C(NC(=O)C(N)CCC(=O)O)C(=O)NC(CCCN=C(N)N)C(=O)N1CCCC1C(=O)O. The van der Waals surface area contributed by atoms with Gasteiger partial charge in [-0.05, 0) is 39.0 Å². The molecule has 1 aliphatic heterocycles. The average Bonchev–Trinajstić information content (AvgIpc) is 3.26. The van der Waals surface area contributed by atoms with Crippen molar-refractivity contribution in [1.82, 2.24) is 15.5 Å². The number of aliphatic carboxylic acids is 2. The van der Waals surface area contributed by atoms with E-state index in [4.69, 9.17) is 22.3 Å². The number of guanidine groups is 1. The molecule has 0 aromatic rings. The van der Waals surface area contributed by atoms with Crippen LogP contribution >= 0.6 is 0 Å². The van der Waals surface area contributed by atoms with E-state index in [-0.39, 0.29) is 51.2 Å². The van der Waals surface area contributed by atoms with Crippen molar-refractivity contribution in [2.24, 2.45) is 22.2 Å². The molecule has 3 amide bonds. The first-order chi connectivity index (χ1) is 16.3. The number of amides is 3. The van der Waals surface area contributed by atoms with Crippen LogP contribution in [-0.2, 0) is 24.0 Å². The first-order valence-electron chi connectivity index (χ1n) is 11.2. The molecular formula is C20H35N7O8. The zero-order chi connectivity index (χ0) is 26.7. The lowest BCUT2D eigenvalue weighted by Crippen LogP contribution is -2.59. The second kappa shape index (κ2) is 14.1. The Morgan fingerprint density at radius 3 is 2.29 bits per heavy atom. The van der Waals surface area contributed by atoms with Crippen LogP contribution in [0.4, 0.5) is 0 Å². The van der Waals surface area contributed by atoms with Gasteiger partial charge in [0.1, 0.15) is 18.1 Å². The fraction of sp³-hybridized carbons (Fsp3) is 0.700. The standard InChI is InChI=1S/C20H35N7O8/c1-10(28)15(26-16(31)11(21)6-7-14(29)30)17(32)25-12(4-2-8-24-20(22)23)18(33)27-9-3-5-13(27)19(34)35/h10-13,15,28H,2-9,21H2,1H3,(H,25,32)(H,26,31)(H,29,30)(H,34,35)(H4,22,23,24). The molecule has 35 heavy (non-hydrogen) atoms. The highest BCUT2D eigenvalue weighted by molar-refractivity contribution is 5.94. The monoisotopic (exact) mass is 501 g/mol. The fourth-order valence-corrected chi connectivity index (χ4v) is 3.59. The Hall–Kier alpha value is -3.46. The molecule has 198 valence electrons. The van der Waals surface area contributed by atoms with Crippen LogP contribution in [0, 0.1) is 0 Å². The minimum Gasteiger partial charge on any atom is -0.481 e. The maximum absolute atomic E-state index is 13.1.